The quantitative estimate of drug-likeness (QED) is 0.452. The van der Waals surface area contributed by atoms with Crippen LogP contribution in [0.4, 0.5) is 0 Å². The van der Waals surface area contributed by atoms with Gasteiger partial charge in [-0.05, 0) is 82.6 Å². The lowest BCUT2D eigenvalue weighted by Crippen LogP contribution is -2.02. The molecule has 2 aromatic carbocycles. The standard InChI is InChI=1S/C17H16I2O2/c1-11-5-7-12(8-6-11)3-2-4-16(20)14-9-13(18)10-15(19)17(14)21/h5-10,21H,2-4H2,1H3. The van der Waals surface area contributed by atoms with E-state index in [2.05, 4.69) is 76.4 Å². The van der Waals surface area contributed by atoms with Gasteiger partial charge in [-0.15, -0.1) is 0 Å². The number of benzene rings is 2. The number of aryl methyl sites for hydroxylation is 2. The van der Waals surface area contributed by atoms with Crippen LogP contribution >= 0.6 is 45.2 Å². The minimum Gasteiger partial charge on any atom is -0.506 e. The van der Waals surface area contributed by atoms with Crippen molar-refractivity contribution >= 4 is 51.0 Å². The Morgan fingerprint density at radius 3 is 2.48 bits per heavy atom. The summed E-state index contributed by atoms with van der Waals surface area (Å²) in [5, 5.41) is 10.0. The Balaban J connectivity index is 1.97. The van der Waals surface area contributed by atoms with E-state index in [1.54, 1.807) is 6.07 Å². The van der Waals surface area contributed by atoms with Crippen molar-refractivity contribution in [2.45, 2.75) is 26.2 Å². The third kappa shape index (κ3) is 4.67. The zero-order valence-corrected chi connectivity index (χ0v) is 16.0. The van der Waals surface area contributed by atoms with E-state index in [0.29, 0.717) is 12.0 Å². The number of carbonyl (C=O) groups excluding carboxylic acids is 1. The van der Waals surface area contributed by atoms with Crippen molar-refractivity contribution in [3.63, 3.8) is 0 Å². The van der Waals surface area contributed by atoms with E-state index in [9.17, 15) is 9.90 Å². The molecule has 0 aliphatic rings. The molecule has 0 unspecified atom stereocenters. The van der Waals surface area contributed by atoms with Crippen molar-refractivity contribution in [3.05, 3.63) is 60.2 Å². The molecular formula is C17H16I2O2. The molecule has 2 aromatic rings. The van der Waals surface area contributed by atoms with Crippen LogP contribution in [-0.4, -0.2) is 10.9 Å². The molecule has 0 saturated heterocycles. The molecule has 0 atom stereocenters. The topological polar surface area (TPSA) is 37.3 Å². The van der Waals surface area contributed by atoms with E-state index in [-0.39, 0.29) is 11.5 Å². The first kappa shape index (κ1) is 16.7. The average Bonchev–Trinajstić information content (AvgIpc) is 2.44. The Bertz CT molecular complexity index is 649. The normalized spacial score (nSPS) is 10.6. The van der Waals surface area contributed by atoms with Crippen LogP contribution in [0.15, 0.2) is 36.4 Å². The van der Waals surface area contributed by atoms with Gasteiger partial charge in [0, 0.05) is 9.99 Å². The van der Waals surface area contributed by atoms with Crippen LogP contribution in [0.1, 0.15) is 34.3 Å². The molecule has 1 N–H and O–H groups in total. The van der Waals surface area contributed by atoms with Crippen molar-refractivity contribution in [3.8, 4) is 5.75 Å². The number of carbonyl (C=O) groups is 1. The number of hydrogen-bond acceptors (Lipinski definition) is 2. The van der Waals surface area contributed by atoms with Gasteiger partial charge in [-0.25, -0.2) is 0 Å². The molecule has 0 radical (unpaired) electrons. The third-order valence-electron chi connectivity index (χ3n) is 3.32. The summed E-state index contributed by atoms with van der Waals surface area (Å²) in [4.78, 5) is 12.2. The SMILES string of the molecule is Cc1ccc(CCCC(=O)c2cc(I)cc(I)c2O)cc1. The molecule has 0 aromatic heterocycles. The molecule has 0 aliphatic heterocycles. The highest BCUT2D eigenvalue weighted by atomic mass is 127. The fraction of sp³-hybridized carbons (Fsp3) is 0.235. The number of halogens is 2. The van der Waals surface area contributed by atoms with Crippen molar-refractivity contribution < 1.29 is 9.90 Å². The number of rotatable bonds is 5. The summed E-state index contributed by atoms with van der Waals surface area (Å²) in [5.41, 5.74) is 2.93. The Labute approximate surface area is 152 Å². The van der Waals surface area contributed by atoms with Crippen molar-refractivity contribution in [1.82, 2.24) is 0 Å². The van der Waals surface area contributed by atoms with Crippen LogP contribution in [0.5, 0.6) is 5.75 Å². The Morgan fingerprint density at radius 2 is 1.81 bits per heavy atom. The maximum atomic E-state index is 12.2. The van der Waals surface area contributed by atoms with Gasteiger partial charge in [-0.2, -0.15) is 0 Å². The molecular weight excluding hydrogens is 490 g/mol. The van der Waals surface area contributed by atoms with Crippen LogP contribution < -0.4 is 0 Å². The third-order valence-corrected chi connectivity index (χ3v) is 4.76. The number of aromatic hydroxyl groups is 1. The van der Waals surface area contributed by atoms with Gasteiger partial charge in [0.25, 0.3) is 0 Å². The van der Waals surface area contributed by atoms with Gasteiger partial charge in [0.2, 0.25) is 0 Å². The minimum atomic E-state index is 0.0102. The molecule has 0 fully saturated rings. The summed E-state index contributed by atoms with van der Waals surface area (Å²) in [6, 6.07) is 12.0. The number of Topliss-reactive ketones (excluding diaryl/α,β-unsaturated/α-hetero) is 1. The molecule has 0 heterocycles. The summed E-state index contributed by atoms with van der Waals surface area (Å²) in [5.74, 6) is 0.118. The van der Waals surface area contributed by atoms with Crippen molar-refractivity contribution in [2.75, 3.05) is 0 Å². The molecule has 0 aliphatic carbocycles. The van der Waals surface area contributed by atoms with Gasteiger partial charge in [0.15, 0.2) is 5.78 Å². The van der Waals surface area contributed by atoms with E-state index in [0.717, 1.165) is 20.0 Å². The predicted octanol–water partition coefficient (Wildman–Crippen LogP) is 5.12. The largest absolute Gasteiger partial charge is 0.506 e. The summed E-state index contributed by atoms with van der Waals surface area (Å²) >= 11 is 4.21. The first-order valence-corrected chi connectivity index (χ1v) is 8.90. The molecule has 0 spiro atoms. The number of phenols is 1. The number of phenolic OH excluding ortho intramolecular Hbond substituents is 1. The Hall–Kier alpha value is -0.630. The monoisotopic (exact) mass is 506 g/mol. The highest BCUT2D eigenvalue weighted by molar-refractivity contribution is 14.1. The van der Waals surface area contributed by atoms with E-state index >= 15 is 0 Å². The van der Waals surface area contributed by atoms with Gasteiger partial charge >= 0.3 is 0 Å². The lowest BCUT2D eigenvalue weighted by Gasteiger charge is -2.07. The van der Waals surface area contributed by atoms with Crippen LogP contribution in [0.2, 0.25) is 0 Å². The maximum Gasteiger partial charge on any atom is 0.166 e. The molecule has 110 valence electrons. The highest BCUT2D eigenvalue weighted by Gasteiger charge is 2.14. The summed E-state index contributed by atoms with van der Waals surface area (Å²) in [6.45, 7) is 2.06. The van der Waals surface area contributed by atoms with Crippen LogP contribution in [0.3, 0.4) is 0 Å². The lowest BCUT2D eigenvalue weighted by atomic mass is 10.0. The average molecular weight is 506 g/mol. The lowest BCUT2D eigenvalue weighted by molar-refractivity contribution is 0.0977. The zero-order chi connectivity index (χ0) is 15.4. The predicted molar refractivity (Wildman–Crippen MR) is 102 cm³/mol. The van der Waals surface area contributed by atoms with Crippen LogP contribution in [0.25, 0.3) is 0 Å². The summed E-state index contributed by atoms with van der Waals surface area (Å²) in [7, 11) is 0. The van der Waals surface area contributed by atoms with Crippen molar-refractivity contribution in [1.29, 1.82) is 0 Å². The summed E-state index contributed by atoms with van der Waals surface area (Å²) < 4.78 is 1.69. The second-order valence-corrected chi connectivity index (χ2v) is 7.45. The van der Waals surface area contributed by atoms with E-state index < -0.39 is 0 Å². The van der Waals surface area contributed by atoms with Gasteiger partial charge in [-0.1, -0.05) is 29.8 Å². The zero-order valence-electron chi connectivity index (χ0n) is 11.7. The van der Waals surface area contributed by atoms with Gasteiger partial charge in [0.05, 0.1) is 9.13 Å². The minimum absolute atomic E-state index is 0.0102. The van der Waals surface area contributed by atoms with Gasteiger partial charge in [0.1, 0.15) is 5.75 Å². The molecule has 21 heavy (non-hydrogen) atoms. The maximum absolute atomic E-state index is 12.2. The second kappa shape index (κ2) is 7.58. The fourth-order valence-electron chi connectivity index (χ4n) is 2.12. The first-order chi connectivity index (χ1) is 9.97. The fourth-order valence-corrected chi connectivity index (χ4v) is 3.97. The second-order valence-electron chi connectivity index (χ2n) is 5.05. The van der Waals surface area contributed by atoms with Crippen molar-refractivity contribution in [2.24, 2.45) is 0 Å². The Morgan fingerprint density at radius 1 is 1.14 bits per heavy atom. The van der Waals surface area contributed by atoms with E-state index in [1.165, 1.54) is 11.1 Å². The van der Waals surface area contributed by atoms with Gasteiger partial charge < -0.3 is 5.11 Å². The number of hydrogen-bond donors (Lipinski definition) is 1. The van der Waals surface area contributed by atoms with E-state index in [1.807, 2.05) is 6.07 Å². The highest BCUT2D eigenvalue weighted by Crippen LogP contribution is 2.28. The number of ketones is 1. The van der Waals surface area contributed by atoms with Crippen LogP contribution in [-0.2, 0) is 6.42 Å². The Kier molecular flexibility index (Phi) is 6.04. The first-order valence-electron chi connectivity index (χ1n) is 6.74. The molecule has 2 rings (SSSR count). The molecule has 0 bridgehead atoms. The molecule has 0 saturated carbocycles. The van der Waals surface area contributed by atoms with E-state index in [4.69, 9.17) is 0 Å². The smallest absolute Gasteiger partial charge is 0.166 e. The van der Waals surface area contributed by atoms with Gasteiger partial charge in [-0.3, -0.25) is 4.79 Å². The summed E-state index contributed by atoms with van der Waals surface area (Å²) in [6.07, 6.45) is 2.13. The molecule has 2 nitrogen and oxygen atoms in total. The molecule has 4 heteroatoms. The molecule has 0 amide bonds. The van der Waals surface area contributed by atoms with Crippen LogP contribution in [0, 0.1) is 14.1 Å².